The molecule has 3 N–H and O–H groups in total. The van der Waals surface area contributed by atoms with Gasteiger partial charge in [-0.1, -0.05) is 0 Å². The molecule has 1 atom stereocenters. The lowest BCUT2D eigenvalue weighted by Gasteiger charge is -2.12. The number of amides is 1. The number of nitrogens with one attached hydrogen (secondary N) is 2. The van der Waals surface area contributed by atoms with Crippen molar-refractivity contribution < 1.29 is 23.8 Å². The maximum absolute atomic E-state index is 11.6. The first-order valence-corrected chi connectivity index (χ1v) is 5.86. The molecule has 1 unspecified atom stereocenters. The van der Waals surface area contributed by atoms with Crippen LogP contribution in [0.2, 0.25) is 0 Å². The average molecular weight is 270 g/mol. The van der Waals surface area contributed by atoms with Crippen molar-refractivity contribution in [3.05, 3.63) is 23.7 Å². The Bertz CT molecular complexity index is 430. The van der Waals surface area contributed by atoms with E-state index in [0.717, 1.165) is 0 Å². The molecule has 0 fully saturated rings. The van der Waals surface area contributed by atoms with Crippen LogP contribution in [-0.2, 0) is 16.1 Å². The summed E-state index contributed by atoms with van der Waals surface area (Å²) in [5.41, 5.74) is 0. The standard InChI is InChI=1S/C12H18N2O5/c1-8(11(15)13-5-6-18-2)14-7-9-3-4-10(19-9)12(16)17/h3-4,8,14H,5-7H2,1-2H3,(H,13,15)(H,16,17). The fourth-order valence-electron chi connectivity index (χ4n) is 1.36. The van der Waals surface area contributed by atoms with Crippen LogP contribution >= 0.6 is 0 Å². The number of carboxylic acid groups (broad SMARTS) is 1. The molecule has 7 heteroatoms. The van der Waals surface area contributed by atoms with E-state index in [1.54, 1.807) is 20.1 Å². The Kier molecular flexibility index (Phi) is 6.04. The number of rotatable bonds is 8. The van der Waals surface area contributed by atoms with Crippen molar-refractivity contribution in [2.45, 2.75) is 19.5 Å². The summed E-state index contributed by atoms with van der Waals surface area (Å²) in [4.78, 5) is 22.2. The molecule has 0 spiro atoms. The predicted octanol–water partition coefficient (Wildman–Crippen LogP) is 0.219. The van der Waals surface area contributed by atoms with Gasteiger partial charge in [-0.2, -0.15) is 0 Å². The molecule has 0 bridgehead atoms. The Hall–Kier alpha value is -1.86. The minimum atomic E-state index is -1.11. The number of hydrogen-bond donors (Lipinski definition) is 3. The molecule has 0 aliphatic rings. The Labute approximate surface area is 110 Å². The van der Waals surface area contributed by atoms with Crippen molar-refractivity contribution in [2.24, 2.45) is 0 Å². The number of carbonyl (C=O) groups excluding carboxylic acids is 1. The number of furan rings is 1. The van der Waals surface area contributed by atoms with Gasteiger partial charge in [0.2, 0.25) is 11.7 Å². The molecule has 0 aliphatic heterocycles. The lowest BCUT2D eigenvalue weighted by Crippen LogP contribution is -2.42. The van der Waals surface area contributed by atoms with E-state index in [0.29, 0.717) is 18.9 Å². The number of aromatic carboxylic acids is 1. The highest BCUT2D eigenvalue weighted by Crippen LogP contribution is 2.07. The molecule has 0 saturated heterocycles. The van der Waals surface area contributed by atoms with Gasteiger partial charge in [-0.3, -0.25) is 10.1 Å². The van der Waals surface area contributed by atoms with Gasteiger partial charge < -0.3 is 19.6 Å². The van der Waals surface area contributed by atoms with Crippen LogP contribution in [0.5, 0.6) is 0 Å². The molecule has 19 heavy (non-hydrogen) atoms. The van der Waals surface area contributed by atoms with Crippen molar-refractivity contribution >= 4 is 11.9 Å². The third kappa shape index (κ3) is 5.11. The van der Waals surface area contributed by atoms with Gasteiger partial charge >= 0.3 is 5.97 Å². The first kappa shape index (κ1) is 15.2. The first-order valence-electron chi connectivity index (χ1n) is 5.86. The van der Waals surface area contributed by atoms with Crippen LogP contribution in [0, 0.1) is 0 Å². The number of ether oxygens (including phenoxy) is 1. The predicted molar refractivity (Wildman–Crippen MR) is 66.9 cm³/mol. The maximum atomic E-state index is 11.6. The van der Waals surface area contributed by atoms with Crippen LogP contribution in [-0.4, -0.2) is 43.3 Å². The van der Waals surface area contributed by atoms with Crippen molar-refractivity contribution in [2.75, 3.05) is 20.3 Å². The monoisotopic (exact) mass is 270 g/mol. The summed E-state index contributed by atoms with van der Waals surface area (Å²) in [7, 11) is 1.56. The third-order valence-corrected chi connectivity index (χ3v) is 2.45. The lowest BCUT2D eigenvalue weighted by molar-refractivity contribution is -0.123. The van der Waals surface area contributed by atoms with E-state index in [1.807, 2.05) is 0 Å². The second-order valence-corrected chi connectivity index (χ2v) is 3.96. The van der Waals surface area contributed by atoms with Crippen LogP contribution in [0.4, 0.5) is 0 Å². The zero-order valence-corrected chi connectivity index (χ0v) is 10.9. The maximum Gasteiger partial charge on any atom is 0.371 e. The van der Waals surface area contributed by atoms with Gasteiger partial charge in [0.05, 0.1) is 19.2 Å². The molecule has 0 aromatic carbocycles. The fourth-order valence-corrected chi connectivity index (χ4v) is 1.36. The van der Waals surface area contributed by atoms with E-state index in [-0.39, 0.29) is 18.2 Å². The van der Waals surface area contributed by atoms with Crippen LogP contribution in [0.3, 0.4) is 0 Å². The van der Waals surface area contributed by atoms with Gasteiger partial charge in [0, 0.05) is 13.7 Å². The second kappa shape index (κ2) is 7.55. The Balaban J connectivity index is 2.34. The highest BCUT2D eigenvalue weighted by atomic mass is 16.5. The topological polar surface area (TPSA) is 101 Å². The highest BCUT2D eigenvalue weighted by Gasteiger charge is 2.13. The van der Waals surface area contributed by atoms with Crippen molar-refractivity contribution in [3.8, 4) is 0 Å². The van der Waals surface area contributed by atoms with Crippen molar-refractivity contribution in [1.82, 2.24) is 10.6 Å². The zero-order chi connectivity index (χ0) is 14.3. The SMILES string of the molecule is COCCNC(=O)C(C)NCc1ccc(C(=O)O)o1. The third-order valence-electron chi connectivity index (χ3n) is 2.45. The van der Waals surface area contributed by atoms with Crippen molar-refractivity contribution in [3.63, 3.8) is 0 Å². The highest BCUT2D eigenvalue weighted by molar-refractivity contribution is 5.84. The minimum absolute atomic E-state index is 0.117. The largest absolute Gasteiger partial charge is 0.475 e. The van der Waals surface area contributed by atoms with Crippen LogP contribution < -0.4 is 10.6 Å². The summed E-state index contributed by atoms with van der Waals surface area (Å²) in [6.07, 6.45) is 0. The van der Waals surface area contributed by atoms with Crippen LogP contribution in [0.1, 0.15) is 23.2 Å². The molecule has 1 aromatic rings. The summed E-state index contributed by atoms with van der Waals surface area (Å²) < 4.78 is 9.88. The summed E-state index contributed by atoms with van der Waals surface area (Å²) in [6, 6.07) is 2.53. The Morgan fingerprint density at radius 2 is 2.21 bits per heavy atom. The van der Waals surface area contributed by atoms with Gasteiger partial charge in [-0.05, 0) is 19.1 Å². The molecular formula is C12H18N2O5. The van der Waals surface area contributed by atoms with E-state index in [9.17, 15) is 9.59 Å². The number of carbonyl (C=O) groups is 2. The molecule has 1 amide bonds. The van der Waals surface area contributed by atoms with E-state index in [1.165, 1.54) is 6.07 Å². The molecular weight excluding hydrogens is 252 g/mol. The van der Waals surface area contributed by atoms with Gasteiger partial charge in [-0.25, -0.2) is 4.79 Å². The summed E-state index contributed by atoms with van der Waals surface area (Å²) in [5, 5.41) is 14.3. The van der Waals surface area contributed by atoms with Crippen LogP contribution in [0.25, 0.3) is 0 Å². The number of carboxylic acids is 1. The Morgan fingerprint density at radius 3 is 2.79 bits per heavy atom. The van der Waals surface area contributed by atoms with E-state index < -0.39 is 12.0 Å². The molecule has 0 aliphatic carbocycles. The molecule has 106 valence electrons. The van der Waals surface area contributed by atoms with Gasteiger partial charge in [0.15, 0.2) is 0 Å². The molecule has 7 nitrogen and oxygen atoms in total. The Morgan fingerprint density at radius 1 is 1.47 bits per heavy atom. The zero-order valence-electron chi connectivity index (χ0n) is 10.9. The van der Waals surface area contributed by atoms with Gasteiger partial charge in [0.1, 0.15) is 5.76 Å². The molecule has 0 radical (unpaired) electrons. The molecule has 0 saturated carbocycles. The van der Waals surface area contributed by atoms with Gasteiger partial charge in [0.25, 0.3) is 0 Å². The lowest BCUT2D eigenvalue weighted by atomic mass is 10.3. The molecule has 1 aromatic heterocycles. The first-order chi connectivity index (χ1) is 9.04. The smallest absolute Gasteiger partial charge is 0.371 e. The minimum Gasteiger partial charge on any atom is -0.475 e. The average Bonchev–Trinajstić information content (AvgIpc) is 2.85. The van der Waals surface area contributed by atoms with E-state index in [4.69, 9.17) is 14.3 Å². The van der Waals surface area contributed by atoms with Crippen LogP contribution in [0.15, 0.2) is 16.5 Å². The summed E-state index contributed by atoms with van der Waals surface area (Å²) >= 11 is 0. The van der Waals surface area contributed by atoms with Crippen molar-refractivity contribution in [1.29, 1.82) is 0 Å². The fraction of sp³-hybridized carbons (Fsp3) is 0.500. The summed E-state index contributed by atoms with van der Waals surface area (Å²) in [6.45, 7) is 2.90. The second-order valence-electron chi connectivity index (χ2n) is 3.96. The number of hydrogen-bond acceptors (Lipinski definition) is 5. The normalized spacial score (nSPS) is 12.1. The quantitative estimate of drug-likeness (QED) is 0.584. The number of methoxy groups -OCH3 is 1. The molecule has 1 heterocycles. The van der Waals surface area contributed by atoms with E-state index >= 15 is 0 Å². The van der Waals surface area contributed by atoms with E-state index in [2.05, 4.69) is 10.6 Å². The summed E-state index contributed by atoms with van der Waals surface area (Å²) in [5.74, 6) is -0.915. The molecule has 1 rings (SSSR count). The van der Waals surface area contributed by atoms with Gasteiger partial charge in [-0.15, -0.1) is 0 Å².